The summed E-state index contributed by atoms with van der Waals surface area (Å²) in [7, 11) is 0. The van der Waals surface area contributed by atoms with Crippen molar-refractivity contribution >= 4 is 46.1 Å². The van der Waals surface area contributed by atoms with Gasteiger partial charge < -0.3 is 10.2 Å². The summed E-state index contributed by atoms with van der Waals surface area (Å²) in [5, 5.41) is 19.8. The smallest absolute Gasteiger partial charge is 0.328 e. The van der Waals surface area contributed by atoms with Crippen LogP contribution < -0.4 is 20.9 Å². The molecule has 0 spiro atoms. The molecular formula is C40H36N4O4. The van der Waals surface area contributed by atoms with Crippen LogP contribution in [0.1, 0.15) is 0 Å². The predicted octanol–water partition coefficient (Wildman–Crippen LogP) is 9.42. The van der Waals surface area contributed by atoms with E-state index in [2.05, 4.69) is 93.7 Å². The molecule has 4 N–H and O–H groups in total. The highest BCUT2D eigenvalue weighted by Gasteiger charge is 2.09. The third-order valence-electron chi connectivity index (χ3n) is 6.46. The van der Waals surface area contributed by atoms with E-state index in [1.165, 1.54) is 0 Å². The largest absolute Gasteiger partial charge is 0.478 e. The van der Waals surface area contributed by atoms with E-state index < -0.39 is 11.9 Å². The molecule has 48 heavy (non-hydrogen) atoms. The number of carboxylic acid groups (broad SMARTS) is 2. The first-order chi connectivity index (χ1) is 23.5. The Hall–Kier alpha value is -6.80. The van der Waals surface area contributed by atoms with E-state index in [-0.39, 0.29) is 0 Å². The van der Waals surface area contributed by atoms with E-state index in [9.17, 15) is 9.59 Å². The van der Waals surface area contributed by atoms with Crippen LogP contribution in [0, 0.1) is 0 Å². The van der Waals surface area contributed by atoms with Crippen LogP contribution in [0.25, 0.3) is 0 Å². The van der Waals surface area contributed by atoms with Crippen LogP contribution in [0.2, 0.25) is 0 Å². The minimum absolute atomic E-state index is 0.558. The van der Waals surface area contributed by atoms with Crippen molar-refractivity contribution in [1.29, 1.82) is 0 Å². The quantitative estimate of drug-likeness (QED) is 0.0871. The number of rotatable bonds is 10. The molecule has 0 amide bonds. The molecule has 0 saturated heterocycles. The number of anilines is 6. The van der Waals surface area contributed by atoms with Gasteiger partial charge in [-0.1, -0.05) is 109 Å². The van der Waals surface area contributed by atoms with Crippen molar-refractivity contribution in [3.8, 4) is 0 Å². The summed E-state index contributed by atoms with van der Waals surface area (Å²) < 4.78 is 0. The molecule has 0 bridgehead atoms. The lowest BCUT2D eigenvalue weighted by atomic mass is 10.2. The molecule has 0 aromatic heterocycles. The van der Waals surface area contributed by atoms with Crippen LogP contribution in [-0.2, 0) is 9.59 Å². The normalized spacial score (nSPS) is 9.92. The number of carboxylic acids is 2. The fourth-order valence-corrected chi connectivity index (χ4v) is 4.29. The Morgan fingerprint density at radius 2 is 0.583 bits per heavy atom. The van der Waals surface area contributed by atoms with Gasteiger partial charge in [-0.2, -0.15) is 0 Å². The molecule has 8 nitrogen and oxygen atoms in total. The van der Waals surface area contributed by atoms with Gasteiger partial charge in [0.1, 0.15) is 0 Å². The van der Waals surface area contributed by atoms with Gasteiger partial charge in [-0.15, -0.1) is 0 Å². The lowest BCUT2D eigenvalue weighted by molar-refractivity contribution is -0.134. The Morgan fingerprint density at radius 1 is 0.375 bits per heavy atom. The van der Waals surface area contributed by atoms with Gasteiger partial charge in [0.25, 0.3) is 0 Å². The second-order valence-electron chi connectivity index (χ2n) is 9.98. The Kier molecular flexibility index (Phi) is 13.4. The maximum atomic E-state index is 9.55. The maximum Gasteiger partial charge on any atom is 0.328 e. The molecule has 0 aliphatic rings. The highest BCUT2D eigenvalue weighted by Crippen LogP contribution is 2.27. The minimum atomic E-state index is -1.26. The highest BCUT2D eigenvalue weighted by molar-refractivity contribution is 5.89. The number of nitrogens with zero attached hydrogens (tertiary/aromatic N) is 2. The molecule has 6 aromatic carbocycles. The summed E-state index contributed by atoms with van der Waals surface area (Å²) in [4.78, 5) is 19.1. The Bertz CT molecular complexity index is 1590. The van der Waals surface area contributed by atoms with Crippen LogP contribution in [0.15, 0.2) is 194 Å². The first-order valence-corrected chi connectivity index (χ1v) is 15.1. The van der Waals surface area contributed by atoms with Crippen molar-refractivity contribution in [3.63, 3.8) is 0 Å². The number of hydrogen-bond donors (Lipinski definition) is 4. The molecular weight excluding hydrogens is 600 g/mol. The molecule has 0 atom stereocenters. The first kappa shape index (κ1) is 34.1. The third-order valence-corrected chi connectivity index (χ3v) is 6.46. The number of hydrogen-bond acceptors (Lipinski definition) is 6. The molecule has 6 rings (SSSR count). The minimum Gasteiger partial charge on any atom is -0.478 e. The summed E-state index contributed by atoms with van der Waals surface area (Å²) in [6.07, 6.45) is 1.12. The lowest BCUT2D eigenvalue weighted by Crippen LogP contribution is -2.24. The summed E-state index contributed by atoms with van der Waals surface area (Å²) >= 11 is 0. The summed E-state index contributed by atoms with van der Waals surface area (Å²) in [6, 6.07) is 61.4. The second kappa shape index (κ2) is 18.9. The zero-order chi connectivity index (χ0) is 33.8. The third kappa shape index (κ3) is 11.6. The summed E-state index contributed by atoms with van der Waals surface area (Å²) in [5.41, 5.74) is 13.4. The molecule has 0 aliphatic heterocycles. The first-order valence-electron chi connectivity index (χ1n) is 15.1. The van der Waals surface area contributed by atoms with Crippen molar-refractivity contribution < 1.29 is 19.8 Å². The molecule has 0 radical (unpaired) electrons. The molecule has 240 valence electrons. The molecule has 0 saturated carbocycles. The van der Waals surface area contributed by atoms with Crippen LogP contribution in [0.3, 0.4) is 0 Å². The molecule has 0 fully saturated rings. The standard InChI is InChI=1S/2C18H16N2.C4H4O4/c2*1-4-10-16(11-5-1)19-20(17-12-6-2-7-13-17)18-14-8-3-9-15-18;5-3(6)1-2-4(7)8/h2*1-15,19H;1-2H,(H,5,6)(H,7,8)/b;;2-1-. The predicted molar refractivity (Wildman–Crippen MR) is 195 cm³/mol. The summed E-state index contributed by atoms with van der Waals surface area (Å²) in [6.45, 7) is 0. The number of benzene rings is 6. The molecule has 0 heterocycles. The van der Waals surface area contributed by atoms with Gasteiger partial charge in [0.2, 0.25) is 0 Å². The van der Waals surface area contributed by atoms with E-state index in [4.69, 9.17) is 10.2 Å². The zero-order valence-corrected chi connectivity index (χ0v) is 26.1. The van der Waals surface area contributed by atoms with Gasteiger partial charge in [-0.25, -0.2) is 9.59 Å². The monoisotopic (exact) mass is 636 g/mol. The lowest BCUT2D eigenvalue weighted by Gasteiger charge is -2.26. The van der Waals surface area contributed by atoms with Crippen molar-refractivity contribution in [3.05, 3.63) is 194 Å². The number of carbonyl (C=O) groups is 2. The average molecular weight is 637 g/mol. The van der Waals surface area contributed by atoms with Gasteiger partial charge in [-0.3, -0.25) is 20.9 Å². The van der Waals surface area contributed by atoms with Gasteiger partial charge in [-0.05, 0) is 72.8 Å². The highest BCUT2D eigenvalue weighted by atomic mass is 16.4. The zero-order valence-electron chi connectivity index (χ0n) is 26.1. The van der Waals surface area contributed by atoms with Crippen LogP contribution in [-0.4, -0.2) is 22.2 Å². The Balaban J connectivity index is 0.000000178. The van der Waals surface area contributed by atoms with E-state index in [1.807, 2.05) is 109 Å². The molecule has 6 aromatic rings. The average Bonchev–Trinajstić information content (AvgIpc) is 3.15. The maximum absolute atomic E-state index is 9.55. The fraction of sp³-hybridized carbons (Fsp3) is 0. The SMILES string of the molecule is O=C(O)/C=C\C(=O)O.c1ccc(NN(c2ccccc2)c2ccccc2)cc1.c1ccc(NN(c2ccccc2)c2ccccc2)cc1. The van der Waals surface area contributed by atoms with Crippen LogP contribution in [0.5, 0.6) is 0 Å². The summed E-state index contributed by atoms with van der Waals surface area (Å²) in [5.74, 6) is -2.51. The number of aliphatic carboxylic acids is 2. The number of para-hydroxylation sites is 6. The fourth-order valence-electron chi connectivity index (χ4n) is 4.29. The molecule has 0 aliphatic carbocycles. The molecule has 8 heteroatoms. The van der Waals surface area contributed by atoms with Crippen molar-refractivity contribution in [2.45, 2.75) is 0 Å². The van der Waals surface area contributed by atoms with E-state index >= 15 is 0 Å². The van der Waals surface area contributed by atoms with Gasteiger partial charge in [0.05, 0.1) is 34.1 Å². The number of hydrazine groups is 2. The van der Waals surface area contributed by atoms with E-state index in [0.29, 0.717) is 12.2 Å². The van der Waals surface area contributed by atoms with Gasteiger partial charge in [0, 0.05) is 12.2 Å². The van der Waals surface area contributed by atoms with E-state index in [0.717, 1.165) is 34.1 Å². The van der Waals surface area contributed by atoms with Gasteiger partial charge >= 0.3 is 11.9 Å². The van der Waals surface area contributed by atoms with E-state index in [1.54, 1.807) is 0 Å². The Morgan fingerprint density at radius 3 is 0.792 bits per heavy atom. The second-order valence-corrected chi connectivity index (χ2v) is 9.98. The topological polar surface area (TPSA) is 105 Å². The van der Waals surface area contributed by atoms with Crippen molar-refractivity contribution in [1.82, 2.24) is 0 Å². The molecule has 0 unspecified atom stereocenters. The van der Waals surface area contributed by atoms with Gasteiger partial charge in [0.15, 0.2) is 0 Å². The van der Waals surface area contributed by atoms with Crippen molar-refractivity contribution in [2.24, 2.45) is 0 Å². The Labute approximate surface area is 280 Å². The number of nitrogens with one attached hydrogen (secondary N) is 2. The van der Waals surface area contributed by atoms with Crippen LogP contribution in [0.4, 0.5) is 34.1 Å². The van der Waals surface area contributed by atoms with Crippen molar-refractivity contribution in [2.75, 3.05) is 20.9 Å². The van der Waals surface area contributed by atoms with Crippen LogP contribution >= 0.6 is 0 Å².